The first-order valence-electron chi connectivity index (χ1n) is 22.1. The molecule has 1 saturated carbocycles. The summed E-state index contributed by atoms with van der Waals surface area (Å²) in [6.07, 6.45) is 3.48. The number of carbonyl (C=O) groups excluding carboxylic acids is 1. The second-order valence-electron chi connectivity index (χ2n) is 19.8. The molecule has 2 aliphatic heterocycles. The van der Waals surface area contributed by atoms with Gasteiger partial charge >= 0.3 is 11.9 Å². The monoisotopic (exact) mass is 932 g/mol. The third-order valence-corrected chi connectivity index (χ3v) is 14.0. The molecule has 0 bridgehead atoms. The molecule has 2 aromatic carbocycles. The standard InChI is InChI=1S/C46H63N9O8S2/c1-11-53(20-18-48-65(10,61)62)31-15-16-35(28(3)23-31)49-41-32(25-47)38(44(58)63-39-33(45(4,5)6)21-27(2)22-34(39)46(7,8)9)42-50-40(51-55(41)42)29-14-17-37(36(24-29)52-64(59)60)54-19-12-13-30(26-54)43(56)57/h14-17,23-24,27,30,33-34,39,48,52H,11-13,18-22,26H2,1-10H3,(H,56,57)(H,59,60)/p-1. The molecule has 6 rings (SSSR count). The number of hydrogen-bond donors (Lipinski definition) is 3. The van der Waals surface area contributed by atoms with Crippen LogP contribution in [-0.2, 0) is 35.6 Å². The molecule has 0 amide bonds. The fourth-order valence-electron chi connectivity index (χ4n) is 9.46. The number of nitrogens with zero attached hydrogens (tertiary/aromatic N) is 7. The Morgan fingerprint density at radius 2 is 1.78 bits per heavy atom. The fraction of sp³-hybridized carbons (Fsp3) is 0.565. The number of carbonyl (C=O) groups is 2. The van der Waals surface area contributed by atoms with E-state index in [1.807, 2.05) is 35.8 Å². The van der Waals surface area contributed by atoms with Gasteiger partial charge in [-0.2, -0.15) is 9.94 Å². The summed E-state index contributed by atoms with van der Waals surface area (Å²) in [5, 5.41) is 25.4. The summed E-state index contributed by atoms with van der Waals surface area (Å²) in [7, 11) is -3.36. The maximum Gasteiger partial charge on any atom is 0.343 e. The fourth-order valence-corrected chi connectivity index (χ4v) is 10.3. The van der Waals surface area contributed by atoms with Gasteiger partial charge in [0.05, 0.1) is 29.2 Å². The zero-order chi connectivity index (χ0) is 47.8. The molecule has 65 heavy (non-hydrogen) atoms. The molecule has 4 atom stereocenters. The van der Waals surface area contributed by atoms with Crippen molar-refractivity contribution in [1.82, 2.24) is 19.5 Å². The predicted octanol–water partition coefficient (Wildman–Crippen LogP) is 6.67. The van der Waals surface area contributed by atoms with Gasteiger partial charge < -0.3 is 28.9 Å². The maximum atomic E-state index is 14.9. The van der Waals surface area contributed by atoms with E-state index in [4.69, 9.17) is 19.8 Å². The maximum absolute atomic E-state index is 14.9. The van der Waals surface area contributed by atoms with E-state index in [0.717, 1.165) is 30.3 Å². The van der Waals surface area contributed by atoms with E-state index in [-0.39, 0.29) is 70.1 Å². The Labute approximate surface area is 385 Å². The molecule has 0 radical (unpaired) electrons. The molecule has 19 heteroatoms. The molecule has 1 aliphatic carbocycles. The van der Waals surface area contributed by atoms with Gasteiger partial charge in [-0.15, -0.1) is 5.10 Å². The number of nitriles is 1. The van der Waals surface area contributed by atoms with Gasteiger partial charge in [0.25, 0.3) is 0 Å². The van der Waals surface area contributed by atoms with Gasteiger partial charge in [0.1, 0.15) is 23.3 Å². The van der Waals surface area contributed by atoms with Gasteiger partial charge in [-0.25, -0.2) is 27.9 Å². The summed E-state index contributed by atoms with van der Waals surface area (Å²) in [5.41, 5.74) is 2.54. The number of benzene rings is 2. The molecule has 1 saturated heterocycles. The minimum absolute atomic E-state index is 0.0150. The number of aryl methyl sites for hydroxylation is 1. The van der Waals surface area contributed by atoms with Crippen LogP contribution in [0.3, 0.4) is 0 Å². The number of esters is 1. The molecule has 1 aromatic heterocycles. The number of carboxylic acids is 1. The van der Waals surface area contributed by atoms with Crippen molar-refractivity contribution in [2.75, 3.05) is 53.5 Å². The number of nitrogens with one attached hydrogen (secondary N) is 2. The largest absolute Gasteiger partial charge is 0.755 e. The first-order valence-corrected chi connectivity index (χ1v) is 25.1. The summed E-state index contributed by atoms with van der Waals surface area (Å²) in [5.74, 6) is -1.62. The number of ether oxygens (including phenoxy) is 1. The number of rotatable bonds is 14. The third kappa shape index (κ3) is 11.3. The number of carboxylic acid groups (broad SMARTS) is 1. The van der Waals surface area contributed by atoms with E-state index in [9.17, 15) is 37.1 Å². The Balaban J connectivity index is 1.47. The van der Waals surface area contributed by atoms with Crippen molar-refractivity contribution < 1.29 is 36.6 Å². The van der Waals surface area contributed by atoms with Crippen LogP contribution < -0.4 is 19.2 Å². The molecule has 3 aliphatic rings. The number of aromatic nitrogens is 3. The van der Waals surface area contributed by atoms with E-state index < -0.39 is 45.3 Å². The van der Waals surface area contributed by atoms with Crippen molar-refractivity contribution in [2.24, 2.45) is 39.5 Å². The summed E-state index contributed by atoms with van der Waals surface area (Å²) < 4.78 is 60.6. The number of anilines is 3. The van der Waals surface area contributed by atoms with Crippen LogP contribution in [0.15, 0.2) is 47.0 Å². The molecule has 3 aromatic rings. The van der Waals surface area contributed by atoms with Crippen LogP contribution in [0.2, 0.25) is 0 Å². The molecule has 2 fully saturated rings. The topological polar surface area (TPSA) is 235 Å². The Morgan fingerprint density at radius 3 is 2.35 bits per heavy atom. The number of piperidine rings is 1. The van der Waals surface area contributed by atoms with Crippen LogP contribution in [0.1, 0.15) is 92.5 Å². The first kappa shape index (κ1) is 49.3. The smallest absolute Gasteiger partial charge is 0.343 e. The van der Waals surface area contributed by atoms with E-state index >= 15 is 0 Å². The summed E-state index contributed by atoms with van der Waals surface area (Å²) in [6.45, 7) is 21.0. The minimum Gasteiger partial charge on any atom is -0.755 e. The van der Waals surface area contributed by atoms with Gasteiger partial charge in [-0.05, 0) is 98.2 Å². The zero-order valence-corrected chi connectivity index (χ0v) is 40.6. The minimum atomic E-state index is -3.36. The van der Waals surface area contributed by atoms with Gasteiger partial charge in [0.2, 0.25) is 10.0 Å². The van der Waals surface area contributed by atoms with E-state index in [0.29, 0.717) is 55.3 Å². The van der Waals surface area contributed by atoms with Crippen LogP contribution in [0.4, 0.5) is 22.7 Å². The van der Waals surface area contributed by atoms with E-state index in [2.05, 4.69) is 64.0 Å². The van der Waals surface area contributed by atoms with Crippen molar-refractivity contribution in [3.8, 4) is 17.5 Å². The van der Waals surface area contributed by atoms with Crippen LogP contribution in [0, 0.1) is 52.8 Å². The van der Waals surface area contributed by atoms with Gasteiger partial charge in [0.15, 0.2) is 17.5 Å². The van der Waals surface area contributed by atoms with Crippen LogP contribution >= 0.6 is 0 Å². The van der Waals surface area contributed by atoms with Crippen LogP contribution in [-0.4, -0.2) is 99.9 Å². The highest BCUT2D eigenvalue weighted by Crippen LogP contribution is 2.50. The SMILES string of the molecule is CCN(CCNS(C)(=O)=O)c1ccc(N=C2C(C#N)=C(C(=O)OC3C(C(C)(C)C)CC(C)CC3C(C)(C)C)c3nc(-c4ccc(N5CCCC(C(=O)O)C5)c(NS(=O)[O-])c4)nn32)c(C)c1. The summed E-state index contributed by atoms with van der Waals surface area (Å²) in [6, 6.07) is 12.7. The number of aliphatic carboxylic acids is 1. The molecule has 0 spiro atoms. The molecular formula is C46H62N9O8S2-. The number of likely N-dealkylation sites (N-methyl/N-ethyl adjacent to an activating group) is 1. The lowest BCUT2D eigenvalue weighted by Gasteiger charge is -2.50. The average Bonchev–Trinajstić information content (AvgIpc) is 3.76. The molecule has 3 N–H and O–H groups in total. The number of fused-ring (bicyclic) bond motifs is 1. The molecule has 4 unspecified atom stereocenters. The molecule has 3 heterocycles. The lowest BCUT2D eigenvalue weighted by Crippen LogP contribution is -2.49. The Hall–Kier alpha value is -5.16. The first-order chi connectivity index (χ1) is 30.4. The van der Waals surface area contributed by atoms with Crippen molar-refractivity contribution in [1.29, 1.82) is 5.26 Å². The number of allylic oxidation sites excluding steroid dienone is 1. The van der Waals surface area contributed by atoms with Crippen molar-refractivity contribution in [2.45, 2.75) is 94.1 Å². The van der Waals surface area contributed by atoms with Gasteiger partial charge in [-0.3, -0.25) is 9.00 Å². The quantitative estimate of drug-likeness (QED) is 0.113. The Morgan fingerprint density at radius 1 is 1.11 bits per heavy atom. The Kier molecular flexibility index (Phi) is 14.7. The molecular weight excluding hydrogens is 871 g/mol. The predicted molar refractivity (Wildman–Crippen MR) is 252 cm³/mol. The average molecular weight is 933 g/mol. The highest BCUT2D eigenvalue weighted by Gasteiger charge is 2.49. The molecule has 352 valence electrons. The lowest BCUT2D eigenvalue weighted by molar-refractivity contribution is -0.162. The highest BCUT2D eigenvalue weighted by atomic mass is 32.2. The molecule has 17 nitrogen and oxygen atoms in total. The van der Waals surface area contributed by atoms with E-state index in [1.165, 1.54) is 4.68 Å². The lowest BCUT2D eigenvalue weighted by atomic mass is 9.59. The van der Waals surface area contributed by atoms with E-state index in [1.54, 1.807) is 24.3 Å². The summed E-state index contributed by atoms with van der Waals surface area (Å²) in [4.78, 5) is 40.5. The van der Waals surface area contributed by atoms with Gasteiger partial charge in [-0.1, -0.05) is 48.5 Å². The summed E-state index contributed by atoms with van der Waals surface area (Å²) >= 11 is -2.73. The second-order valence-corrected chi connectivity index (χ2v) is 22.3. The number of aliphatic imine (C=N–C) groups is 1. The van der Waals surface area contributed by atoms with Crippen molar-refractivity contribution in [3.05, 3.63) is 53.4 Å². The third-order valence-electron chi connectivity index (χ3n) is 12.9. The van der Waals surface area contributed by atoms with Crippen molar-refractivity contribution in [3.63, 3.8) is 0 Å². The zero-order valence-electron chi connectivity index (χ0n) is 39.0. The van der Waals surface area contributed by atoms with Gasteiger partial charge in [0, 0.05) is 67.1 Å². The normalized spacial score (nSPS) is 22.6. The number of sulfonamides is 1. The number of hydrogen-bond acceptors (Lipinski definition) is 13. The van der Waals surface area contributed by atoms with Crippen LogP contribution in [0.25, 0.3) is 17.0 Å². The van der Waals surface area contributed by atoms with Crippen molar-refractivity contribution >= 4 is 67.4 Å². The second kappa shape index (κ2) is 19.4. The highest BCUT2D eigenvalue weighted by molar-refractivity contribution is 7.88. The van der Waals surface area contributed by atoms with Crippen LogP contribution in [0.5, 0.6) is 0 Å². The Bertz CT molecular complexity index is 2530.